The van der Waals surface area contributed by atoms with Gasteiger partial charge >= 0.3 is 12.1 Å². The lowest BCUT2D eigenvalue weighted by atomic mass is 9.97. The van der Waals surface area contributed by atoms with Crippen molar-refractivity contribution in [2.75, 3.05) is 43.0 Å². The molecule has 3 rings (SSSR count). The zero-order valence-corrected chi connectivity index (χ0v) is 16.6. The van der Waals surface area contributed by atoms with Crippen LogP contribution in [0.3, 0.4) is 0 Å². The Morgan fingerprint density at radius 3 is 2.46 bits per heavy atom. The first-order chi connectivity index (χ1) is 13.5. The highest BCUT2D eigenvalue weighted by atomic mass is 16.6. The SMILES string of the molecule is CCOC(=O)N1CCC(Nc2nc(C)cc(N3CCC(C(=O)O)CC3)n2)CC1. The Kier molecular flexibility index (Phi) is 6.53. The minimum Gasteiger partial charge on any atom is -0.481 e. The summed E-state index contributed by atoms with van der Waals surface area (Å²) in [6.45, 7) is 6.80. The fourth-order valence-corrected chi connectivity index (χ4v) is 3.74. The van der Waals surface area contributed by atoms with Gasteiger partial charge in [0.2, 0.25) is 5.95 Å². The van der Waals surface area contributed by atoms with Crippen molar-refractivity contribution in [3.8, 4) is 0 Å². The molecule has 0 saturated carbocycles. The Morgan fingerprint density at radius 1 is 1.18 bits per heavy atom. The minimum atomic E-state index is -0.713. The molecule has 2 N–H and O–H groups in total. The monoisotopic (exact) mass is 391 g/mol. The molecular weight excluding hydrogens is 362 g/mol. The summed E-state index contributed by atoms with van der Waals surface area (Å²) in [5.74, 6) is 0.448. The van der Waals surface area contributed by atoms with Crippen LogP contribution in [0, 0.1) is 12.8 Å². The van der Waals surface area contributed by atoms with Crippen molar-refractivity contribution in [2.45, 2.75) is 45.6 Å². The number of nitrogens with one attached hydrogen (secondary N) is 1. The molecule has 2 aliphatic heterocycles. The highest BCUT2D eigenvalue weighted by Gasteiger charge is 2.27. The van der Waals surface area contributed by atoms with Gasteiger partial charge < -0.3 is 25.0 Å². The van der Waals surface area contributed by atoms with E-state index in [1.54, 1.807) is 4.90 Å². The van der Waals surface area contributed by atoms with Crippen molar-refractivity contribution in [1.29, 1.82) is 0 Å². The molecule has 0 aromatic carbocycles. The molecule has 0 radical (unpaired) electrons. The van der Waals surface area contributed by atoms with Gasteiger partial charge in [-0.05, 0) is 39.5 Å². The van der Waals surface area contributed by atoms with Gasteiger partial charge in [0.05, 0.1) is 12.5 Å². The van der Waals surface area contributed by atoms with Gasteiger partial charge in [0.15, 0.2) is 0 Å². The van der Waals surface area contributed by atoms with Gasteiger partial charge in [-0.2, -0.15) is 4.98 Å². The number of rotatable bonds is 5. The minimum absolute atomic E-state index is 0.207. The molecule has 0 unspecified atom stereocenters. The second-order valence-electron chi connectivity index (χ2n) is 7.40. The van der Waals surface area contributed by atoms with Gasteiger partial charge in [0, 0.05) is 44.0 Å². The summed E-state index contributed by atoms with van der Waals surface area (Å²) in [7, 11) is 0. The van der Waals surface area contributed by atoms with Crippen LogP contribution in [-0.4, -0.2) is 70.9 Å². The molecule has 0 bridgehead atoms. The molecule has 9 nitrogen and oxygen atoms in total. The first kappa shape index (κ1) is 20.2. The predicted octanol–water partition coefficient (Wildman–Crippen LogP) is 2.12. The van der Waals surface area contributed by atoms with Crippen molar-refractivity contribution >= 4 is 23.8 Å². The van der Waals surface area contributed by atoms with E-state index in [1.165, 1.54) is 0 Å². The molecule has 1 aromatic heterocycles. The fraction of sp³-hybridized carbons (Fsp3) is 0.684. The number of anilines is 2. The average Bonchev–Trinajstić information content (AvgIpc) is 2.68. The zero-order valence-electron chi connectivity index (χ0n) is 16.6. The van der Waals surface area contributed by atoms with E-state index in [9.17, 15) is 9.59 Å². The summed E-state index contributed by atoms with van der Waals surface area (Å²) in [4.78, 5) is 36.0. The van der Waals surface area contributed by atoms with Crippen LogP contribution >= 0.6 is 0 Å². The van der Waals surface area contributed by atoms with Crippen LogP contribution in [0.1, 0.15) is 38.3 Å². The number of aliphatic carboxylic acids is 1. The first-order valence-corrected chi connectivity index (χ1v) is 9.98. The average molecular weight is 391 g/mol. The van der Waals surface area contributed by atoms with E-state index in [4.69, 9.17) is 9.84 Å². The summed E-state index contributed by atoms with van der Waals surface area (Å²) in [5, 5.41) is 12.6. The highest BCUT2D eigenvalue weighted by Crippen LogP contribution is 2.24. The molecule has 2 fully saturated rings. The third-order valence-electron chi connectivity index (χ3n) is 5.36. The lowest BCUT2D eigenvalue weighted by Gasteiger charge is -2.33. The molecule has 1 amide bonds. The quantitative estimate of drug-likeness (QED) is 0.786. The fourth-order valence-electron chi connectivity index (χ4n) is 3.74. The van der Waals surface area contributed by atoms with Gasteiger partial charge in [0.25, 0.3) is 0 Å². The number of likely N-dealkylation sites (tertiary alicyclic amines) is 1. The van der Waals surface area contributed by atoms with Crippen LogP contribution in [0.4, 0.5) is 16.6 Å². The first-order valence-electron chi connectivity index (χ1n) is 9.98. The zero-order chi connectivity index (χ0) is 20.1. The summed E-state index contributed by atoms with van der Waals surface area (Å²) < 4.78 is 5.06. The largest absolute Gasteiger partial charge is 0.481 e. The van der Waals surface area contributed by atoms with E-state index in [2.05, 4.69) is 20.2 Å². The van der Waals surface area contributed by atoms with Crippen molar-refractivity contribution in [3.63, 3.8) is 0 Å². The van der Waals surface area contributed by atoms with Gasteiger partial charge in [0.1, 0.15) is 5.82 Å². The van der Waals surface area contributed by atoms with Crippen molar-refractivity contribution in [3.05, 3.63) is 11.8 Å². The Labute approximate surface area is 165 Å². The number of nitrogens with zero attached hydrogens (tertiary/aromatic N) is 4. The standard InChI is InChI=1S/C19H29N5O4/c1-3-28-19(27)24-10-6-15(7-11-24)21-18-20-13(2)12-16(22-18)23-8-4-14(5-9-23)17(25)26/h12,14-15H,3-11H2,1-2H3,(H,25,26)(H,20,21,22). The number of aryl methyl sites for hydroxylation is 1. The Balaban J connectivity index is 1.57. The van der Waals surface area contributed by atoms with Crippen molar-refractivity contribution in [1.82, 2.24) is 14.9 Å². The van der Waals surface area contributed by atoms with Crippen LogP contribution in [-0.2, 0) is 9.53 Å². The van der Waals surface area contributed by atoms with E-state index in [0.29, 0.717) is 51.6 Å². The number of hydrogen-bond donors (Lipinski definition) is 2. The maximum atomic E-state index is 11.8. The van der Waals surface area contributed by atoms with E-state index < -0.39 is 5.97 Å². The van der Waals surface area contributed by atoms with E-state index in [0.717, 1.165) is 24.4 Å². The molecule has 0 spiro atoms. The molecule has 2 saturated heterocycles. The second kappa shape index (κ2) is 9.07. The third-order valence-corrected chi connectivity index (χ3v) is 5.36. The highest BCUT2D eigenvalue weighted by molar-refractivity contribution is 5.70. The maximum absolute atomic E-state index is 11.8. The molecule has 3 heterocycles. The van der Waals surface area contributed by atoms with Gasteiger partial charge in [-0.15, -0.1) is 0 Å². The topological polar surface area (TPSA) is 108 Å². The molecule has 0 aliphatic carbocycles. The summed E-state index contributed by atoms with van der Waals surface area (Å²) in [6, 6.07) is 2.15. The molecule has 28 heavy (non-hydrogen) atoms. The van der Waals surface area contributed by atoms with Crippen LogP contribution in [0.25, 0.3) is 0 Å². The number of carbonyl (C=O) groups excluding carboxylic acids is 1. The van der Waals surface area contributed by atoms with Crippen molar-refractivity contribution < 1.29 is 19.4 Å². The van der Waals surface area contributed by atoms with E-state index in [1.807, 2.05) is 19.9 Å². The van der Waals surface area contributed by atoms with Crippen LogP contribution in [0.2, 0.25) is 0 Å². The number of aromatic nitrogens is 2. The number of carbonyl (C=O) groups is 2. The van der Waals surface area contributed by atoms with Gasteiger partial charge in [-0.25, -0.2) is 9.78 Å². The normalized spacial score (nSPS) is 18.8. The summed E-state index contributed by atoms with van der Waals surface area (Å²) >= 11 is 0. The Bertz CT molecular complexity index is 698. The van der Waals surface area contributed by atoms with E-state index in [-0.39, 0.29) is 18.1 Å². The van der Waals surface area contributed by atoms with Crippen LogP contribution in [0.5, 0.6) is 0 Å². The van der Waals surface area contributed by atoms with Crippen LogP contribution in [0.15, 0.2) is 6.07 Å². The lowest BCUT2D eigenvalue weighted by Crippen LogP contribution is -2.43. The lowest BCUT2D eigenvalue weighted by molar-refractivity contribution is -0.142. The molecule has 0 atom stereocenters. The number of carboxylic acid groups (broad SMARTS) is 1. The second-order valence-corrected chi connectivity index (χ2v) is 7.40. The number of ether oxygens (including phenoxy) is 1. The number of carboxylic acids is 1. The summed E-state index contributed by atoms with van der Waals surface area (Å²) in [6.07, 6.45) is 2.64. The predicted molar refractivity (Wildman–Crippen MR) is 105 cm³/mol. The molecule has 9 heteroatoms. The molecule has 154 valence electrons. The van der Waals surface area contributed by atoms with E-state index >= 15 is 0 Å². The number of amides is 1. The van der Waals surface area contributed by atoms with Crippen LogP contribution < -0.4 is 10.2 Å². The van der Waals surface area contributed by atoms with Gasteiger partial charge in [-0.1, -0.05) is 0 Å². The van der Waals surface area contributed by atoms with Crippen molar-refractivity contribution in [2.24, 2.45) is 5.92 Å². The molecule has 1 aromatic rings. The summed E-state index contributed by atoms with van der Waals surface area (Å²) in [5.41, 5.74) is 0.872. The smallest absolute Gasteiger partial charge is 0.409 e. The molecular formula is C19H29N5O4. The number of piperidine rings is 2. The maximum Gasteiger partial charge on any atom is 0.409 e. The third kappa shape index (κ3) is 5.02. The van der Waals surface area contributed by atoms with Gasteiger partial charge in [-0.3, -0.25) is 4.79 Å². The molecule has 2 aliphatic rings. The Morgan fingerprint density at radius 2 is 1.86 bits per heavy atom. The number of hydrogen-bond acceptors (Lipinski definition) is 7. The Hall–Kier alpha value is -2.58.